The van der Waals surface area contributed by atoms with E-state index in [1.807, 2.05) is 11.4 Å². The van der Waals surface area contributed by atoms with Gasteiger partial charge >= 0.3 is 0 Å². The first-order valence-corrected chi connectivity index (χ1v) is 9.62. The fourth-order valence-corrected chi connectivity index (χ4v) is 3.51. The molecule has 0 bridgehead atoms. The van der Waals surface area contributed by atoms with Crippen LogP contribution in [0.2, 0.25) is 10.0 Å². The molecule has 0 fully saturated rings. The van der Waals surface area contributed by atoms with Crippen LogP contribution >= 0.6 is 34.5 Å². The summed E-state index contributed by atoms with van der Waals surface area (Å²) in [4.78, 5) is 17.1. The molecule has 0 aliphatic heterocycles. The minimum Gasteiger partial charge on any atom is -0.493 e. The van der Waals surface area contributed by atoms with Crippen molar-refractivity contribution >= 4 is 45.6 Å². The van der Waals surface area contributed by atoms with Crippen LogP contribution in [-0.4, -0.2) is 32.2 Å². The second-order valence-corrected chi connectivity index (χ2v) is 7.21. The highest BCUT2D eigenvalue weighted by Crippen LogP contribution is 2.38. The summed E-state index contributed by atoms with van der Waals surface area (Å²) in [5, 5.41) is 5.95. The first kappa shape index (κ1) is 20.3. The number of hydrogen-bond donors (Lipinski definition) is 1. The number of benzene rings is 2. The van der Waals surface area contributed by atoms with Crippen LogP contribution in [0.15, 0.2) is 35.7 Å². The summed E-state index contributed by atoms with van der Waals surface area (Å²) in [5.41, 5.74) is 1.84. The van der Waals surface area contributed by atoms with E-state index < -0.39 is 0 Å². The average molecular weight is 439 g/mol. The van der Waals surface area contributed by atoms with Gasteiger partial charge < -0.3 is 14.2 Å². The molecule has 3 rings (SSSR count). The van der Waals surface area contributed by atoms with Gasteiger partial charge in [-0.3, -0.25) is 10.1 Å². The Morgan fingerprint density at radius 2 is 1.68 bits per heavy atom. The van der Waals surface area contributed by atoms with E-state index in [9.17, 15) is 4.79 Å². The second kappa shape index (κ2) is 8.68. The largest absolute Gasteiger partial charge is 0.493 e. The molecular weight excluding hydrogens is 423 g/mol. The summed E-state index contributed by atoms with van der Waals surface area (Å²) in [6, 6.07) is 8.39. The van der Waals surface area contributed by atoms with Gasteiger partial charge in [0, 0.05) is 16.5 Å². The summed E-state index contributed by atoms with van der Waals surface area (Å²) < 4.78 is 15.8. The smallest absolute Gasteiger partial charge is 0.257 e. The van der Waals surface area contributed by atoms with Crippen LogP contribution in [0, 0.1) is 0 Å². The number of amides is 1. The van der Waals surface area contributed by atoms with E-state index in [2.05, 4.69) is 10.3 Å². The fourth-order valence-electron chi connectivity index (χ4n) is 2.50. The zero-order valence-electron chi connectivity index (χ0n) is 15.2. The van der Waals surface area contributed by atoms with Crippen LogP contribution in [-0.2, 0) is 0 Å². The highest BCUT2D eigenvalue weighted by molar-refractivity contribution is 7.14. The Labute approximate surface area is 176 Å². The first-order valence-electron chi connectivity index (χ1n) is 7.99. The molecule has 0 radical (unpaired) electrons. The van der Waals surface area contributed by atoms with Crippen molar-refractivity contribution in [2.75, 3.05) is 26.6 Å². The molecule has 0 saturated heterocycles. The summed E-state index contributed by atoms with van der Waals surface area (Å²) in [5.74, 6) is 0.845. The number of ether oxygens (including phenoxy) is 3. The molecule has 0 aliphatic carbocycles. The summed E-state index contributed by atoms with van der Waals surface area (Å²) in [6.45, 7) is 0. The Balaban J connectivity index is 1.84. The van der Waals surface area contributed by atoms with Crippen LogP contribution < -0.4 is 19.5 Å². The van der Waals surface area contributed by atoms with Gasteiger partial charge in [-0.05, 0) is 24.3 Å². The average Bonchev–Trinajstić information content (AvgIpc) is 3.17. The molecule has 28 heavy (non-hydrogen) atoms. The van der Waals surface area contributed by atoms with Gasteiger partial charge in [0.25, 0.3) is 5.91 Å². The zero-order valence-corrected chi connectivity index (χ0v) is 17.5. The Kier molecular flexibility index (Phi) is 6.28. The number of anilines is 1. The van der Waals surface area contributed by atoms with Gasteiger partial charge in [0.1, 0.15) is 0 Å². The van der Waals surface area contributed by atoms with E-state index >= 15 is 0 Å². The van der Waals surface area contributed by atoms with Crippen LogP contribution in [0.25, 0.3) is 11.3 Å². The number of hydrogen-bond acceptors (Lipinski definition) is 6. The zero-order chi connectivity index (χ0) is 20.3. The van der Waals surface area contributed by atoms with Crippen molar-refractivity contribution in [3.8, 4) is 28.5 Å². The Morgan fingerprint density at radius 1 is 1.00 bits per heavy atom. The van der Waals surface area contributed by atoms with Crippen molar-refractivity contribution in [3.05, 3.63) is 51.3 Å². The van der Waals surface area contributed by atoms with E-state index in [1.165, 1.54) is 32.7 Å². The molecule has 0 atom stereocenters. The van der Waals surface area contributed by atoms with Crippen LogP contribution in [0.4, 0.5) is 5.13 Å². The molecule has 6 nitrogen and oxygen atoms in total. The van der Waals surface area contributed by atoms with Crippen LogP contribution in [0.3, 0.4) is 0 Å². The minimum absolute atomic E-state index is 0.348. The Morgan fingerprint density at radius 3 is 2.25 bits per heavy atom. The van der Waals surface area contributed by atoms with Crippen molar-refractivity contribution in [2.24, 2.45) is 0 Å². The van der Waals surface area contributed by atoms with Gasteiger partial charge in [-0.25, -0.2) is 4.98 Å². The molecular formula is C19H16Cl2N2O4S. The number of methoxy groups -OCH3 is 3. The first-order chi connectivity index (χ1) is 13.5. The maximum absolute atomic E-state index is 12.7. The summed E-state index contributed by atoms with van der Waals surface area (Å²) >= 11 is 13.3. The molecule has 1 amide bonds. The predicted octanol–water partition coefficient (Wildman–Crippen LogP) is 5.40. The van der Waals surface area contributed by atoms with Gasteiger partial charge in [0.2, 0.25) is 5.75 Å². The number of carbonyl (C=O) groups is 1. The van der Waals surface area contributed by atoms with Gasteiger partial charge in [-0.15, -0.1) is 11.3 Å². The van der Waals surface area contributed by atoms with Crippen molar-refractivity contribution in [1.29, 1.82) is 0 Å². The van der Waals surface area contributed by atoms with E-state index in [1.54, 1.807) is 24.3 Å². The standard InChI is InChI=1S/C19H16Cl2N2O4S/c1-25-15-7-11(8-16(26-2)17(15)27-3)18(24)23-19-22-14(9-28-19)10-4-5-12(20)13(21)6-10/h4-9H,1-3H3,(H,22,23,24). The third-order valence-electron chi connectivity index (χ3n) is 3.87. The molecule has 0 aliphatic rings. The van der Waals surface area contributed by atoms with Crippen molar-refractivity contribution in [1.82, 2.24) is 4.98 Å². The number of halogens is 2. The number of thiazole rings is 1. The lowest BCUT2D eigenvalue weighted by Crippen LogP contribution is -2.12. The summed E-state index contributed by atoms with van der Waals surface area (Å²) in [7, 11) is 4.48. The maximum Gasteiger partial charge on any atom is 0.257 e. The maximum atomic E-state index is 12.7. The van der Waals surface area contributed by atoms with Gasteiger partial charge in [0.05, 0.1) is 37.1 Å². The third kappa shape index (κ3) is 4.16. The monoisotopic (exact) mass is 438 g/mol. The molecule has 1 N–H and O–H groups in total. The third-order valence-corrected chi connectivity index (χ3v) is 5.36. The quantitative estimate of drug-likeness (QED) is 0.558. The van der Waals surface area contributed by atoms with E-state index in [-0.39, 0.29) is 5.91 Å². The number of nitrogens with one attached hydrogen (secondary N) is 1. The van der Waals surface area contributed by atoms with Crippen molar-refractivity contribution in [2.45, 2.75) is 0 Å². The Bertz CT molecular complexity index is 998. The number of carbonyl (C=O) groups excluding carboxylic acids is 1. The number of nitrogens with zero attached hydrogens (tertiary/aromatic N) is 1. The predicted molar refractivity (Wildman–Crippen MR) is 112 cm³/mol. The van der Waals surface area contributed by atoms with Gasteiger partial charge in [-0.1, -0.05) is 29.3 Å². The molecule has 1 aromatic heterocycles. The number of rotatable bonds is 6. The lowest BCUT2D eigenvalue weighted by molar-refractivity contribution is 0.102. The Hall–Kier alpha value is -2.48. The SMILES string of the molecule is COc1cc(C(=O)Nc2nc(-c3ccc(Cl)c(Cl)c3)cs2)cc(OC)c1OC. The molecule has 146 valence electrons. The molecule has 2 aromatic carbocycles. The van der Waals surface area contributed by atoms with Crippen molar-refractivity contribution < 1.29 is 19.0 Å². The van der Waals surface area contributed by atoms with Crippen LogP contribution in [0.5, 0.6) is 17.2 Å². The lowest BCUT2D eigenvalue weighted by atomic mass is 10.1. The molecule has 0 unspecified atom stereocenters. The topological polar surface area (TPSA) is 69.7 Å². The van der Waals surface area contributed by atoms with E-state index in [0.717, 1.165) is 5.56 Å². The fraction of sp³-hybridized carbons (Fsp3) is 0.158. The number of aromatic nitrogens is 1. The second-order valence-electron chi connectivity index (χ2n) is 5.53. The summed E-state index contributed by atoms with van der Waals surface area (Å²) in [6.07, 6.45) is 0. The van der Waals surface area contributed by atoms with E-state index in [4.69, 9.17) is 37.4 Å². The van der Waals surface area contributed by atoms with Gasteiger partial charge in [-0.2, -0.15) is 0 Å². The van der Waals surface area contributed by atoms with Crippen LogP contribution in [0.1, 0.15) is 10.4 Å². The lowest BCUT2D eigenvalue weighted by Gasteiger charge is -2.13. The van der Waals surface area contributed by atoms with E-state index in [0.29, 0.717) is 43.7 Å². The molecule has 1 heterocycles. The highest BCUT2D eigenvalue weighted by Gasteiger charge is 2.18. The molecule has 0 saturated carbocycles. The van der Waals surface area contributed by atoms with Gasteiger partial charge in [0.15, 0.2) is 16.6 Å². The van der Waals surface area contributed by atoms with Crippen molar-refractivity contribution in [3.63, 3.8) is 0 Å². The molecule has 3 aromatic rings. The molecule has 9 heteroatoms. The molecule has 0 spiro atoms. The highest BCUT2D eigenvalue weighted by atomic mass is 35.5. The normalized spacial score (nSPS) is 10.5. The minimum atomic E-state index is -0.353.